The topological polar surface area (TPSA) is 67.3 Å². The minimum atomic E-state index is 0.729. The minimum absolute atomic E-state index is 0.729. The lowest BCUT2D eigenvalue weighted by molar-refractivity contribution is 0.189. The zero-order valence-corrected chi connectivity index (χ0v) is 15.2. The Morgan fingerprint density at radius 1 is 0.917 bits per heavy atom. The molecule has 1 aliphatic rings. The van der Waals surface area contributed by atoms with Gasteiger partial charge in [-0.15, -0.1) is 0 Å². The van der Waals surface area contributed by atoms with Gasteiger partial charge in [-0.25, -0.2) is 0 Å². The van der Waals surface area contributed by atoms with Gasteiger partial charge in [0.05, 0.1) is 11.4 Å². The van der Waals surface area contributed by atoms with Gasteiger partial charge in [-0.3, -0.25) is 4.90 Å². The van der Waals surface area contributed by atoms with Crippen molar-refractivity contribution in [1.82, 2.24) is 20.5 Å². The molecule has 0 aliphatic carbocycles. The van der Waals surface area contributed by atoms with Gasteiger partial charge in [-0.05, 0) is 59.5 Å². The predicted octanol–water partition coefficient (Wildman–Crippen LogP) is 2.90. The van der Waals surface area contributed by atoms with Crippen LogP contribution in [0.2, 0.25) is 0 Å². The summed E-state index contributed by atoms with van der Waals surface area (Å²) >= 11 is 0. The van der Waals surface area contributed by atoms with Crippen LogP contribution in [0.5, 0.6) is 0 Å². The van der Waals surface area contributed by atoms with Gasteiger partial charge in [0.1, 0.15) is 11.5 Å². The molecule has 0 bridgehead atoms. The van der Waals surface area contributed by atoms with Crippen LogP contribution in [0.25, 0.3) is 0 Å². The summed E-state index contributed by atoms with van der Waals surface area (Å²) in [6.45, 7) is 13.1. The molecule has 1 N–H and O–H groups in total. The summed E-state index contributed by atoms with van der Waals surface area (Å²) in [4.78, 5) is 2.50. The van der Waals surface area contributed by atoms with Crippen LogP contribution in [0.3, 0.4) is 0 Å². The third kappa shape index (κ3) is 3.87. The molecule has 1 fully saturated rings. The van der Waals surface area contributed by atoms with Crippen molar-refractivity contribution in [2.75, 3.05) is 19.6 Å². The van der Waals surface area contributed by atoms with E-state index in [-0.39, 0.29) is 0 Å². The Balaban J connectivity index is 1.77. The Bertz CT molecular complexity index is 583. The normalized spacial score (nSPS) is 16.2. The van der Waals surface area contributed by atoms with Gasteiger partial charge in [0.25, 0.3) is 0 Å². The highest BCUT2D eigenvalue weighted by Gasteiger charge is 2.22. The standard InChI is InChI=1S/C18H28N4O2/c1-12-17(14(3)23-20-12)10-22(9-16-5-7-19-8-6-16)11-18-13(2)21-24-15(18)4/h16,19H,5-11H2,1-4H3. The van der Waals surface area contributed by atoms with Crippen molar-refractivity contribution in [3.63, 3.8) is 0 Å². The molecule has 0 atom stereocenters. The van der Waals surface area contributed by atoms with E-state index in [1.807, 2.05) is 27.7 Å². The molecular formula is C18H28N4O2. The van der Waals surface area contributed by atoms with E-state index in [4.69, 9.17) is 9.05 Å². The average molecular weight is 332 g/mol. The van der Waals surface area contributed by atoms with Crippen LogP contribution in [0.4, 0.5) is 0 Å². The monoisotopic (exact) mass is 332 g/mol. The third-order valence-electron chi connectivity index (χ3n) is 5.10. The molecule has 0 spiro atoms. The zero-order chi connectivity index (χ0) is 17.1. The van der Waals surface area contributed by atoms with Crippen LogP contribution in [0.15, 0.2) is 9.05 Å². The Morgan fingerprint density at radius 3 is 1.83 bits per heavy atom. The number of rotatable bonds is 6. The van der Waals surface area contributed by atoms with Crippen LogP contribution in [-0.2, 0) is 13.1 Å². The number of hydrogen-bond acceptors (Lipinski definition) is 6. The molecule has 3 heterocycles. The number of nitrogens with zero attached hydrogens (tertiary/aromatic N) is 3. The van der Waals surface area contributed by atoms with Crippen molar-refractivity contribution >= 4 is 0 Å². The molecule has 0 saturated carbocycles. The highest BCUT2D eigenvalue weighted by atomic mass is 16.5. The largest absolute Gasteiger partial charge is 0.361 e. The number of nitrogens with one attached hydrogen (secondary N) is 1. The van der Waals surface area contributed by atoms with Crippen LogP contribution >= 0.6 is 0 Å². The average Bonchev–Trinajstić information content (AvgIpc) is 3.06. The lowest BCUT2D eigenvalue weighted by atomic mass is 9.97. The summed E-state index contributed by atoms with van der Waals surface area (Å²) in [7, 11) is 0. The van der Waals surface area contributed by atoms with Crippen molar-refractivity contribution in [1.29, 1.82) is 0 Å². The van der Waals surface area contributed by atoms with Crippen molar-refractivity contribution in [3.05, 3.63) is 34.0 Å². The van der Waals surface area contributed by atoms with Crippen molar-refractivity contribution < 1.29 is 9.05 Å². The highest BCUT2D eigenvalue weighted by molar-refractivity contribution is 5.23. The minimum Gasteiger partial charge on any atom is -0.361 e. The first-order chi connectivity index (χ1) is 11.5. The number of aromatic nitrogens is 2. The Kier molecular flexibility index (Phi) is 5.36. The van der Waals surface area contributed by atoms with Gasteiger partial charge in [-0.1, -0.05) is 10.3 Å². The Labute approximate surface area is 143 Å². The van der Waals surface area contributed by atoms with Crippen LogP contribution in [0.1, 0.15) is 46.9 Å². The second-order valence-electron chi connectivity index (χ2n) is 6.97. The van der Waals surface area contributed by atoms with E-state index in [1.54, 1.807) is 0 Å². The molecule has 3 rings (SSSR count). The maximum atomic E-state index is 5.35. The summed E-state index contributed by atoms with van der Waals surface area (Å²) < 4.78 is 10.7. The maximum absolute atomic E-state index is 5.35. The van der Waals surface area contributed by atoms with E-state index in [9.17, 15) is 0 Å². The summed E-state index contributed by atoms with van der Waals surface area (Å²) in [5.74, 6) is 2.57. The fraction of sp³-hybridized carbons (Fsp3) is 0.667. The summed E-state index contributed by atoms with van der Waals surface area (Å²) in [5, 5.41) is 11.7. The van der Waals surface area contributed by atoms with Crippen molar-refractivity contribution in [2.24, 2.45) is 5.92 Å². The summed E-state index contributed by atoms with van der Waals surface area (Å²) in [5.41, 5.74) is 4.38. The second kappa shape index (κ2) is 7.49. The van der Waals surface area contributed by atoms with Gasteiger partial charge in [0, 0.05) is 30.8 Å². The van der Waals surface area contributed by atoms with Crippen LogP contribution in [0, 0.1) is 33.6 Å². The Hall–Kier alpha value is -1.66. The molecule has 0 unspecified atom stereocenters. The molecule has 0 aromatic carbocycles. The van der Waals surface area contributed by atoms with Gasteiger partial charge in [0.15, 0.2) is 0 Å². The van der Waals surface area contributed by atoms with Crippen LogP contribution < -0.4 is 5.32 Å². The molecular weight excluding hydrogens is 304 g/mol. The molecule has 132 valence electrons. The zero-order valence-electron chi connectivity index (χ0n) is 15.2. The number of aryl methyl sites for hydroxylation is 4. The van der Waals surface area contributed by atoms with E-state index in [2.05, 4.69) is 20.5 Å². The van der Waals surface area contributed by atoms with Crippen molar-refractivity contribution in [3.8, 4) is 0 Å². The molecule has 0 amide bonds. The molecule has 2 aromatic rings. The van der Waals surface area contributed by atoms with Gasteiger partial charge in [-0.2, -0.15) is 0 Å². The highest BCUT2D eigenvalue weighted by Crippen LogP contribution is 2.23. The van der Waals surface area contributed by atoms with E-state index >= 15 is 0 Å². The van der Waals surface area contributed by atoms with Gasteiger partial charge >= 0.3 is 0 Å². The first-order valence-electron chi connectivity index (χ1n) is 8.81. The SMILES string of the molecule is Cc1noc(C)c1CN(Cc1c(C)noc1C)CC1CCNCC1. The Morgan fingerprint density at radius 2 is 1.42 bits per heavy atom. The molecule has 6 heteroatoms. The smallest absolute Gasteiger partial charge is 0.138 e. The third-order valence-corrected chi connectivity index (χ3v) is 5.10. The fourth-order valence-electron chi connectivity index (χ4n) is 3.52. The van der Waals surface area contributed by atoms with Gasteiger partial charge < -0.3 is 14.4 Å². The first-order valence-corrected chi connectivity index (χ1v) is 8.81. The molecule has 24 heavy (non-hydrogen) atoms. The quantitative estimate of drug-likeness (QED) is 0.877. The van der Waals surface area contributed by atoms with Gasteiger partial charge in [0.2, 0.25) is 0 Å². The first kappa shape index (κ1) is 17.2. The lowest BCUT2D eigenvalue weighted by Crippen LogP contribution is -2.36. The second-order valence-corrected chi connectivity index (χ2v) is 6.97. The van der Waals surface area contributed by atoms with Crippen LogP contribution in [-0.4, -0.2) is 34.8 Å². The van der Waals surface area contributed by atoms with Crippen molar-refractivity contribution in [2.45, 2.75) is 53.6 Å². The predicted molar refractivity (Wildman–Crippen MR) is 91.7 cm³/mol. The number of hydrogen-bond donors (Lipinski definition) is 1. The fourth-order valence-corrected chi connectivity index (χ4v) is 3.52. The van der Waals surface area contributed by atoms with E-state index in [1.165, 1.54) is 24.0 Å². The van der Waals surface area contributed by atoms with E-state index in [0.29, 0.717) is 0 Å². The molecule has 1 aliphatic heterocycles. The van der Waals surface area contributed by atoms with E-state index in [0.717, 1.165) is 61.6 Å². The molecule has 0 radical (unpaired) electrons. The maximum Gasteiger partial charge on any atom is 0.138 e. The molecule has 2 aromatic heterocycles. The summed E-state index contributed by atoms with van der Waals surface area (Å²) in [6.07, 6.45) is 2.47. The number of piperidine rings is 1. The summed E-state index contributed by atoms with van der Waals surface area (Å²) in [6, 6.07) is 0. The molecule has 6 nitrogen and oxygen atoms in total. The lowest BCUT2D eigenvalue weighted by Gasteiger charge is -2.30. The molecule has 1 saturated heterocycles. The van der Waals surface area contributed by atoms with E-state index < -0.39 is 0 Å².